The maximum absolute atomic E-state index is 13.0. The minimum Gasteiger partial charge on any atom is -0.220 e. The maximum Gasteiger partial charge on any atom is 0.222 e. The van der Waals surface area contributed by atoms with Crippen molar-refractivity contribution in [1.29, 1.82) is 0 Å². The predicted molar refractivity (Wildman–Crippen MR) is 41.1 cm³/mol. The fourth-order valence-electron chi connectivity index (χ4n) is 0.816. The third-order valence-electron chi connectivity index (χ3n) is 1.39. The minimum atomic E-state index is -0.350. The van der Waals surface area contributed by atoms with Gasteiger partial charge in [-0.3, -0.25) is 0 Å². The molecule has 0 aliphatic rings. The van der Waals surface area contributed by atoms with Gasteiger partial charge in [-0.2, -0.15) is 0 Å². The van der Waals surface area contributed by atoms with E-state index in [9.17, 15) is 4.39 Å². The Morgan fingerprint density at radius 2 is 2.09 bits per heavy atom. The first-order valence-electron chi connectivity index (χ1n) is 3.33. The van der Waals surface area contributed by atoms with Gasteiger partial charge in [0.15, 0.2) is 5.82 Å². The van der Waals surface area contributed by atoms with Crippen molar-refractivity contribution in [3.63, 3.8) is 0 Å². The van der Waals surface area contributed by atoms with Crippen molar-refractivity contribution in [1.82, 2.24) is 9.97 Å². The molecule has 0 aromatic carbocycles. The van der Waals surface area contributed by atoms with Crippen LogP contribution in [-0.4, -0.2) is 9.97 Å². The quantitative estimate of drug-likeness (QED) is 0.610. The molecule has 0 unspecified atom stereocenters. The molecule has 0 bridgehead atoms. The molecule has 0 aliphatic carbocycles. The Labute approximate surface area is 69.4 Å². The molecule has 1 aromatic heterocycles. The van der Waals surface area contributed by atoms with Crippen LogP contribution in [0.4, 0.5) is 4.39 Å². The molecular formula is C7H8ClFN2. The summed E-state index contributed by atoms with van der Waals surface area (Å²) in [5.41, 5.74) is 0.685. The molecule has 0 saturated carbocycles. The monoisotopic (exact) mass is 174 g/mol. The Kier molecular flexibility index (Phi) is 2.39. The summed E-state index contributed by atoms with van der Waals surface area (Å²) < 4.78 is 13.0. The maximum atomic E-state index is 13.0. The van der Waals surface area contributed by atoms with Crippen LogP contribution in [-0.2, 0) is 6.42 Å². The van der Waals surface area contributed by atoms with Crippen molar-refractivity contribution in [3.8, 4) is 0 Å². The molecule has 0 saturated heterocycles. The zero-order valence-electron chi connectivity index (χ0n) is 6.36. The molecular weight excluding hydrogens is 167 g/mol. The van der Waals surface area contributed by atoms with Crippen LogP contribution in [0.5, 0.6) is 0 Å². The Balaban J connectivity index is 3.24. The molecule has 60 valence electrons. The van der Waals surface area contributed by atoms with Crippen LogP contribution in [0.2, 0.25) is 5.28 Å². The number of hydrogen-bond donors (Lipinski definition) is 0. The molecule has 0 atom stereocenters. The van der Waals surface area contributed by atoms with Gasteiger partial charge in [-0.1, -0.05) is 6.92 Å². The van der Waals surface area contributed by atoms with Crippen LogP contribution in [0, 0.1) is 12.7 Å². The van der Waals surface area contributed by atoms with E-state index in [0.717, 1.165) is 0 Å². The second-order valence-corrected chi connectivity index (χ2v) is 2.53. The molecule has 4 heteroatoms. The molecule has 0 spiro atoms. The second kappa shape index (κ2) is 3.13. The van der Waals surface area contributed by atoms with Gasteiger partial charge in [0.05, 0.1) is 11.4 Å². The van der Waals surface area contributed by atoms with Crippen LogP contribution in [0.3, 0.4) is 0 Å². The average molecular weight is 175 g/mol. The highest BCUT2D eigenvalue weighted by atomic mass is 35.5. The van der Waals surface area contributed by atoms with Gasteiger partial charge in [0.2, 0.25) is 5.28 Å². The lowest BCUT2D eigenvalue weighted by Gasteiger charge is -2.00. The molecule has 0 N–H and O–H groups in total. The van der Waals surface area contributed by atoms with E-state index in [0.29, 0.717) is 17.8 Å². The molecule has 1 aromatic rings. The fraction of sp³-hybridized carbons (Fsp3) is 0.429. The number of halogens is 2. The standard InChI is InChI=1S/C7H8ClFN2/c1-3-5-6(9)4(2)10-7(8)11-5/h3H2,1-2H3. The number of rotatable bonds is 1. The molecule has 0 fully saturated rings. The van der Waals surface area contributed by atoms with Gasteiger partial charge in [-0.25, -0.2) is 14.4 Å². The second-order valence-electron chi connectivity index (χ2n) is 2.19. The molecule has 1 heterocycles. The molecule has 0 aliphatic heterocycles. The summed E-state index contributed by atoms with van der Waals surface area (Å²) in [4.78, 5) is 7.39. The Bertz CT molecular complexity index is 275. The average Bonchev–Trinajstić information content (AvgIpc) is 1.96. The van der Waals surface area contributed by atoms with E-state index in [1.165, 1.54) is 0 Å². The van der Waals surface area contributed by atoms with Gasteiger partial charge in [0.25, 0.3) is 0 Å². The number of aromatic nitrogens is 2. The molecule has 1 rings (SSSR count). The van der Waals surface area contributed by atoms with Crippen molar-refractivity contribution in [3.05, 3.63) is 22.5 Å². The van der Waals surface area contributed by atoms with E-state index in [-0.39, 0.29) is 11.1 Å². The number of hydrogen-bond acceptors (Lipinski definition) is 2. The normalized spacial score (nSPS) is 10.2. The highest BCUT2D eigenvalue weighted by molar-refractivity contribution is 6.28. The van der Waals surface area contributed by atoms with Gasteiger partial charge in [-0.05, 0) is 24.9 Å². The van der Waals surface area contributed by atoms with Crippen LogP contribution in [0.25, 0.3) is 0 Å². The van der Waals surface area contributed by atoms with E-state index in [1.807, 2.05) is 6.92 Å². The lowest BCUT2D eigenvalue weighted by Crippen LogP contribution is -1.99. The zero-order chi connectivity index (χ0) is 8.43. The summed E-state index contributed by atoms with van der Waals surface area (Å²) in [6.07, 6.45) is 0.537. The summed E-state index contributed by atoms with van der Waals surface area (Å²) in [6, 6.07) is 0. The van der Waals surface area contributed by atoms with Crippen molar-refractivity contribution >= 4 is 11.6 Å². The Hall–Kier alpha value is -0.700. The van der Waals surface area contributed by atoms with Gasteiger partial charge >= 0.3 is 0 Å². The highest BCUT2D eigenvalue weighted by Crippen LogP contribution is 2.11. The Morgan fingerprint density at radius 3 is 2.64 bits per heavy atom. The summed E-state index contributed by atoms with van der Waals surface area (Å²) in [6.45, 7) is 3.39. The third kappa shape index (κ3) is 1.66. The van der Waals surface area contributed by atoms with E-state index >= 15 is 0 Å². The van der Waals surface area contributed by atoms with Gasteiger partial charge in [0.1, 0.15) is 0 Å². The predicted octanol–water partition coefficient (Wildman–Crippen LogP) is 2.14. The molecule has 2 nitrogen and oxygen atoms in total. The van der Waals surface area contributed by atoms with Crippen LogP contribution >= 0.6 is 11.6 Å². The van der Waals surface area contributed by atoms with Gasteiger partial charge < -0.3 is 0 Å². The lowest BCUT2D eigenvalue weighted by molar-refractivity contribution is 0.582. The van der Waals surface area contributed by atoms with Gasteiger partial charge in [0, 0.05) is 0 Å². The van der Waals surface area contributed by atoms with Crippen LogP contribution in [0.15, 0.2) is 0 Å². The first kappa shape index (κ1) is 8.40. The van der Waals surface area contributed by atoms with Gasteiger partial charge in [-0.15, -0.1) is 0 Å². The topological polar surface area (TPSA) is 25.8 Å². The first-order valence-corrected chi connectivity index (χ1v) is 3.71. The van der Waals surface area contributed by atoms with Crippen molar-refractivity contribution in [2.45, 2.75) is 20.3 Å². The summed E-state index contributed by atoms with van der Waals surface area (Å²) in [5.74, 6) is -0.350. The Morgan fingerprint density at radius 1 is 1.45 bits per heavy atom. The largest absolute Gasteiger partial charge is 0.222 e. The third-order valence-corrected chi connectivity index (χ3v) is 1.56. The van der Waals surface area contributed by atoms with E-state index in [4.69, 9.17) is 11.6 Å². The summed E-state index contributed by atoms with van der Waals surface area (Å²) in [5, 5.41) is 0.112. The van der Waals surface area contributed by atoms with Crippen molar-refractivity contribution in [2.24, 2.45) is 0 Å². The minimum absolute atomic E-state index is 0.112. The van der Waals surface area contributed by atoms with Crippen LogP contribution < -0.4 is 0 Å². The summed E-state index contributed by atoms with van der Waals surface area (Å²) >= 11 is 5.51. The zero-order valence-corrected chi connectivity index (χ0v) is 7.11. The molecule has 11 heavy (non-hydrogen) atoms. The highest BCUT2D eigenvalue weighted by Gasteiger charge is 2.07. The smallest absolute Gasteiger partial charge is 0.220 e. The SMILES string of the molecule is CCc1nc(Cl)nc(C)c1F. The van der Waals surface area contributed by atoms with E-state index in [2.05, 4.69) is 9.97 Å². The summed E-state index contributed by atoms with van der Waals surface area (Å²) in [7, 11) is 0. The van der Waals surface area contributed by atoms with Crippen LogP contribution in [0.1, 0.15) is 18.3 Å². The first-order chi connectivity index (χ1) is 5.15. The number of aryl methyl sites for hydroxylation is 2. The van der Waals surface area contributed by atoms with E-state index in [1.54, 1.807) is 6.92 Å². The van der Waals surface area contributed by atoms with Crippen molar-refractivity contribution < 1.29 is 4.39 Å². The van der Waals surface area contributed by atoms with E-state index < -0.39 is 0 Å². The number of nitrogens with zero attached hydrogens (tertiary/aromatic N) is 2. The fourth-order valence-corrected chi connectivity index (χ4v) is 1.04. The van der Waals surface area contributed by atoms with Crippen molar-refractivity contribution in [2.75, 3.05) is 0 Å². The lowest BCUT2D eigenvalue weighted by atomic mass is 10.3. The molecule has 0 radical (unpaired) electrons. The molecule has 0 amide bonds.